The van der Waals surface area contributed by atoms with Crippen molar-refractivity contribution in [1.29, 1.82) is 0 Å². The molecule has 0 radical (unpaired) electrons. The van der Waals surface area contributed by atoms with Crippen LogP contribution in [0.2, 0.25) is 0 Å². The van der Waals surface area contributed by atoms with E-state index in [9.17, 15) is 0 Å². The van der Waals surface area contributed by atoms with Crippen molar-refractivity contribution >= 4 is 70.4 Å². The quantitative estimate of drug-likeness (QED) is 0.239. The predicted octanol–water partition coefficient (Wildman–Crippen LogP) is 8.60. The Morgan fingerprint density at radius 3 is 2.26 bits per heavy atom. The van der Waals surface area contributed by atoms with Crippen LogP contribution in [0.25, 0.3) is 60.2 Å². The summed E-state index contributed by atoms with van der Waals surface area (Å²) in [6.07, 6.45) is 0. The van der Waals surface area contributed by atoms with Gasteiger partial charge in [-0.3, -0.25) is 0 Å². The second-order valence-electron chi connectivity index (χ2n) is 7.90. The van der Waals surface area contributed by atoms with Crippen LogP contribution in [0.5, 0.6) is 0 Å². The van der Waals surface area contributed by atoms with Crippen molar-refractivity contribution in [2.24, 2.45) is 0 Å². The normalized spacial score (nSPS) is 12.0. The summed E-state index contributed by atoms with van der Waals surface area (Å²) in [4.78, 5) is 0. The van der Waals surface area contributed by atoms with Gasteiger partial charge in [-0.25, -0.2) is 0 Å². The lowest BCUT2D eigenvalue weighted by atomic mass is 10.1. The number of hydrogen-bond donors (Lipinski definition) is 0. The lowest BCUT2D eigenvalue weighted by Crippen LogP contribution is -1.95. The van der Waals surface area contributed by atoms with E-state index >= 15 is 0 Å². The van der Waals surface area contributed by atoms with E-state index in [1.165, 1.54) is 32.6 Å². The minimum Gasteiger partial charge on any atom is -0.455 e. The van der Waals surface area contributed by atoms with E-state index in [0.717, 1.165) is 32.1 Å². The average molecular weight is 462 g/mol. The van der Waals surface area contributed by atoms with Gasteiger partial charge in [0.05, 0.1) is 26.6 Å². The monoisotopic (exact) mass is 461 g/mol. The maximum atomic E-state index is 6.27. The fraction of sp³-hybridized carbons (Fsp3) is 0. The third-order valence-electron chi connectivity index (χ3n) is 6.26. The topological polar surface area (TPSA) is 18.1 Å². The summed E-state index contributed by atoms with van der Waals surface area (Å²) < 4.78 is 9.65. The molecule has 0 unspecified atom stereocenters. The standard InChI is InChI=1S/C28H16BrNO/c29-22-15-16-24(26-21-10-4-6-12-25(21)31-28(22)26)30-23-11-5-3-9-19(23)20-14-13-17-7-1-2-8-18(17)27(20)30/h1-16H. The van der Waals surface area contributed by atoms with E-state index in [1.54, 1.807) is 0 Å². The molecule has 0 bridgehead atoms. The molecule has 146 valence electrons. The van der Waals surface area contributed by atoms with Crippen LogP contribution in [0.3, 0.4) is 0 Å². The van der Waals surface area contributed by atoms with E-state index < -0.39 is 0 Å². The summed E-state index contributed by atoms with van der Waals surface area (Å²) in [6, 6.07) is 34.3. The van der Waals surface area contributed by atoms with Crippen LogP contribution in [0.1, 0.15) is 0 Å². The minimum absolute atomic E-state index is 0.880. The fourth-order valence-electron chi connectivity index (χ4n) is 4.95. The number of hydrogen-bond acceptors (Lipinski definition) is 1. The molecule has 3 heteroatoms. The van der Waals surface area contributed by atoms with E-state index in [4.69, 9.17) is 4.42 Å². The molecular weight excluding hydrogens is 446 g/mol. The Labute approximate surface area is 186 Å². The van der Waals surface area contributed by atoms with Gasteiger partial charge < -0.3 is 8.98 Å². The summed E-state index contributed by atoms with van der Waals surface area (Å²) in [5, 5.41) is 7.26. The van der Waals surface area contributed by atoms with Crippen LogP contribution in [-0.2, 0) is 0 Å². The summed E-state index contributed by atoms with van der Waals surface area (Å²) in [5.41, 5.74) is 5.34. The smallest absolute Gasteiger partial charge is 0.151 e. The van der Waals surface area contributed by atoms with E-state index in [0.29, 0.717) is 0 Å². The van der Waals surface area contributed by atoms with Crippen molar-refractivity contribution in [2.75, 3.05) is 0 Å². The summed E-state index contributed by atoms with van der Waals surface area (Å²) in [7, 11) is 0. The molecule has 0 aliphatic heterocycles. The van der Waals surface area contributed by atoms with Gasteiger partial charge in [0.1, 0.15) is 5.58 Å². The molecule has 2 nitrogen and oxygen atoms in total. The number of aromatic nitrogens is 1. The van der Waals surface area contributed by atoms with Crippen LogP contribution in [0.4, 0.5) is 0 Å². The van der Waals surface area contributed by atoms with Crippen molar-refractivity contribution in [3.8, 4) is 5.69 Å². The molecule has 0 saturated carbocycles. The number of benzene rings is 5. The highest BCUT2D eigenvalue weighted by molar-refractivity contribution is 9.10. The second kappa shape index (κ2) is 6.22. The minimum atomic E-state index is 0.880. The molecule has 0 N–H and O–H groups in total. The van der Waals surface area contributed by atoms with Gasteiger partial charge in [0.15, 0.2) is 5.58 Å². The van der Waals surface area contributed by atoms with E-state index in [2.05, 4.69) is 105 Å². The molecule has 31 heavy (non-hydrogen) atoms. The third kappa shape index (κ3) is 2.27. The molecule has 0 aliphatic carbocycles. The number of rotatable bonds is 1. The Bertz CT molecular complexity index is 1810. The number of furan rings is 1. The maximum Gasteiger partial charge on any atom is 0.151 e. The van der Waals surface area contributed by atoms with Crippen molar-refractivity contribution in [3.63, 3.8) is 0 Å². The van der Waals surface area contributed by atoms with Gasteiger partial charge in [-0.2, -0.15) is 0 Å². The molecular formula is C28H16BrNO. The maximum absolute atomic E-state index is 6.27. The molecule has 0 amide bonds. The Kier molecular flexibility index (Phi) is 3.44. The summed E-state index contributed by atoms with van der Waals surface area (Å²) >= 11 is 3.71. The summed E-state index contributed by atoms with van der Waals surface area (Å²) in [5.74, 6) is 0. The molecule has 0 fully saturated rings. The van der Waals surface area contributed by atoms with Gasteiger partial charge >= 0.3 is 0 Å². The number of nitrogens with zero attached hydrogens (tertiary/aromatic N) is 1. The van der Waals surface area contributed by atoms with Crippen LogP contribution in [-0.4, -0.2) is 4.57 Å². The molecule has 0 saturated heterocycles. The molecule has 7 aromatic rings. The van der Waals surface area contributed by atoms with E-state index in [1.807, 2.05) is 12.1 Å². The first-order chi connectivity index (χ1) is 15.3. The average Bonchev–Trinajstić information content (AvgIpc) is 3.37. The SMILES string of the molecule is Brc1ccc(-n2c3ccccc3c3ccc4ccccc4c32)c2c1oc1ccccc12. The van der Waals surface area contributed by atoms with Gasteiger partial charge in [0.25, 0.3) is 0 Å². The van der Waals surface area contributed by atoms with E-state index in [-0.39, 0.29) is 0 Å². The van der Waals surface area contributed by atoms with Gasteiger partial charge in [-0.15, -0.1) is 0 Å². The molecule has 0 atom stereocenters. The van der Waals surface area contributed by atoms with Gasteiger partial charge in [-0.1, -0.05) is 72.8 Å². The molecule has 2 aromatic heterocycles. The Balaban J connectivity index is 1.78. The zero-order valence-corrected chi connectivity index (χ0v) is 18.1. The third-order valence-corrected chi connectivity index (χ3v) is 6.88. The van der Waals surface area contributed by atoms with Crippen LogP contribution in [0.15, 0.2) is 106 Å². The van der Waals surface area contributed by atoms with Crippen molar-refractivity contribution in [3.05, 3.63) is 102 Å². The highest BCUT2D eigenvalue weighted by Gasteiger charge is 2.20. The Hall–Kier alpha value is -3.56. The van der Waals surface area contributed by atoms with Crippen LogP contribution >= 0.6 is 15.9 Å². The largest absolute Gasteiger partial charge is 0.455 e. The van der Waals surface area contributed by atoms with Gasteiger partial charge in [-0.05, 0) is 45.6 Å². The first-order valence-corrected chi connectivity index (χ1v) is 11.1. The first-order valence-electron chi connectivity index (χ1n) is 10.3. The highest BCUT2D eigenvalue weighted by atomic mass is 79.9. The Morgan fingerprint density at radius 2 is 1.35 bits per heavy atom. The zero-order chi connectivity index (χ0) is 20.5. The van der Waals surface area contributed by atoms with Crippen molar-refractivity contribution in [1.82, 2.24) is 4.57 Å². The summed E-state index contributed by atoms with van der Waals surface area (Å²) in [6.45, 7) is 0. The number of halogens is 1. The number of fused-ring (bicyclic) bond motifs is 8. The molecule has 0 spiro atoms. The zero-order valence-electron chi connectivity index (χ0n) is 16.5. The van der Waals surface area contributed by atoms with Crippen molar-refractivity contribution in [2.45, 2.75) is 0 Å². The molecule has 5 aromatic carbocycles. The molecule has 2 heterocycles. The predicted molar refractivity (Wildman–Crippen MR) is 133 cm³/mol. The molecule has 7 rings (SSSR count). The van der Waals surface area contributed by atoms with Gasteiger partial charge in [0, 0.05) is 21.5 Å². The lowest BCUT2D eigenvalue weighted by Gasteiger charge is -2.12. The van der Waals surface area contributed by atoms with Crippen molar-refractivity contribution < 1.29 is 4.42 Å². The second-order valence-corrected chi connectivity index (χ2v) is 8.76. The van der Waals surface area contributed by atoms with Crippen LogP contribution < -0.4 is 0 Å². The van der Waals surface area contributed by atoms with Crippen LogP contribution in [0, 0.1) is 0 Å². The highest BCUT2D eigenvalue weighted by Crippen LogP contribution is 2.42. The molecule has 0 aliphatic rings. The van der Waals surface area contributed by atoms with Gasteiger partial charge in [0.2, 0.25) is 0 Å². The fourth-order valence-corrected chi connectivity index (χ4v) is 5.36. The Morgan fingerprint density at radius 1 is 0.613 bits per heavy atom. The number of para-hydroxylation sites is 2. The first kappa shape index (κ1) is 17.2. The lowest BCUT2D eigenvalue weighted by molar-refractivity contribution is 0.666.